The number of ether oxygens (including phenoxy) is 1. The second kappa shape index (κ2) is 4.09. The van der Waals surface area contributed by atoms with Gasteiger partial charge in [-0.2, -0.15) is 5.10 Å². The van der Waals surface area contributed by atoms with E-state index in [0.29, 0.717) is 12.1 Å². The van der Waals surface area contributed by atoms with Crippen LogP contribution in [0.5, 0.6) is 0 Å². The van der Waals surface area contributed by atoms with E-state index in [1.54, 1.807) is 4.68 Å². The number of carbonyl (C=O) groups is 1. The molecule has 0 aliphatic rings. The van der Waals surface area contributed by atoms with Crippen molar-refractivity contribution in [2.45, 2.75) is 20.4 Å². The number of methoxy groups -OCH3 is 1. The SMILES string of the molecule is C=C(C)Cn1ncc(C(=O)OC)c1C. The molecule has 1 heterocycles. The van der Waals surface area contributed by atoms with Crippen LogP contribution in [0.2, 0.25) is 0 Å². The summed E-state index contributed by atoms with van der Waals surface area (Å²) in [4.78, 5) is 11.2. The topological polar surface area (TPSA) is 44.1 Å². The second-order valence-corrected chi connectivity index (χ2v) is 3.25. The van der Waals surface area contributed by atoms with Crippen LogP contribution in [-0.4, -0.2) is 22.9 Å². The average Bonchev–Trinajstić information content (AvgIpc) is 2.46. The third-order valence-electron chi connectivity index (χ3n) is 1.93. The molecule has 0 amide bonds. The first-order valence-corrected chi connectivity index (χ1v) is 4.31. The molecule has 0 N–H and O–H groups in total. The Bertz CT molecular complexity index is 366. The lowest BCUT2D eigenvalue weighted by Gasteiger charge is -2.03. The van der Waals surface area contributed by atoms with Crippen molar-refractivity contribution in [1.29, 1.82) is 0 Å². The number of allylic oxidation sites excluding steroid dienone is 1. The minimum atomic E-state index is -0.351. The molecule has 4 nitrogen and oxygen atoms in total. The Morgan fingerprint density at radius 1 is 1.71 bits per heavy atom. The van der Waals surface area contributed by atoms with Gasteiger partial charge in [0.05, 0.1) is 25.5 Å². The fourth-order valence-electron chi connectivity index (χ4n) is 1.17. The first-order valence-electron chi connectivity index (χ1n) is 4.31. The van der Waals surface area contributed by atoms with Gasteiger partial charge in [-0.3, -0.25) is 4.68 Å². The fourth-order valence-corrected chi connectivity index (χ4v) is 1.17. The number of hydrogen-bond donors (Lipinski definition) is 0. The van der Waals surface area contributed by atoms with E-state index in [1.807, 2.05) is 13.8 Å². The Hall–Kier alpha value is -1.58. The highest BCUT2D eigenvalue weighted by Crippen LogP contribution is 2.09. The molecule has 14 heavy (non-hydrogen) atoms. The van der Waals surface area contributed by atoms with Gasteiger partial charge in [0.2, 0.25) is 0 Å². The summed E-state index contributed by atoms with van der Waals surface area (Å²) in [5.41, 5.74) is 2.31. The van der Waals surface area contributed by atoms with Crippen LogP contribution >= 0.6 is 0 Å². The Balaban J connectivity index is 2.96. The lowest BCUT2D eigenvalue weighted by molar-refractivity contribution is 0.0599. The van der Waals surface area contributed by atoms with Gasteiger partial charge in [0.25, 0.3) is 0 Å². The molecule has 1 aromatic heterocycles. The summed E-state index contributed by atoms with van der Waals surface area (Å²) < 4.78 is 6.35. The lowest BCUT2D eigenvalue weighted by atomic mass is 10.2. The van der Waals surface area contributed by atoms with Crippen molar-refractivity contribution >= 4 is 5.97 Å². The molecule has 0 unspecified atom stereocenters. The van der Waals surface area contributed by atoms with E-state index in [0.717, 1.165) is 11.3 Å². The molecule has 0 aromatic carbocycles. The van der Waals surface area contributed by atoms with E-state index < -0.39 is 0 Å². The second-order valence-electron chi connectivity index (χ2n) is 3.25. The van der Waals surface area contributed by atoms with Crippen molar-refractivity contribution in [2.24, 2.45) is 0 Å². The summed E-state index contributed by atoms with van der Waals surface area (Å²) in [6, 6.07) is 0. The minimum Gasteiger partial charge on any atom is -0.465 e. The molecule has 4 heteroatoms. The van der Waals surface area contributed by atoms with Crippen LogP contribution < -0.4 is 0 Å². The van der Waals surface area contributed by atoms with Crippen LogP contribution in [0.25, 0.3) is 0 Å². The quantitative estimate of drug-likeness (QED) is 0.541. The van der Waals surface area contributed by atoms with E-state index in [2.05, 4.69) is 16.4 Å². The Labute approximate surface area is 83.2 Å². The van der Waals surface area contributed by atoms with Crippen LogP contribution in [0, 0.1) is 6.92 Å². The monoisotopic (exact) mass is 194 g/mol. The van der Waals surface area contributed by atoms with Crippen LogP contribution in [0.3, 0.4) is 0 Å². The molecule has 0 spiro atoms. The van der Waals surface area contributed by atoms with Crippen LogP contribution in [0.15, 0.2) is 18.3 Å². The zero-order valence-corrected chi connectivity index (χ0v) is 8.70. The number of hydrogen-bond acceptors (Lipinski definition) is 3. The van der Waals surface area contributed by atoms with Gasteiger partial charge >= 0.3 is 5.97 Å². The number of aromatic nitrogens is 2. The van der Waals surface area contributed by atoms with Crippen molar-refractivity contribution < 1.29 is 9.53 Å². The zero-order valence-electron chi connectivity index (χ0n) is 8.70. The van der Waals surface area contributed by atoms with Crippen LogP contribution in [-0.2, 0) is 11.3 Å². The molecule has 0 atom stereocenters. The van der Waals surface area contributed by atoms with E-state index >= 15 is 0 Å². The predicted octanol–water partition coefficient (Wildman–Crippen LogP) is 1.55. The average molecular weight is 194 g/mol. The van der Waals surface area contributed by atoms with Gasteiger partial charge in [-0.25, -0.2) is 4.79 Å². The molecule has 0 saturated heterocycles. The summed E-state index contributed by atoms with van der Waals surface area (Å²) in [6.45, 7) is 8.17. The molecule has 1 aromatic rings. The van der Waals surface area contributed by atoms with Gasteiger partial charge in [-0.15, -0.1) is 0 Å². The standard InChI is InChI=1S/C10H14N2O2/c1-7(2)6-12-8(3)9(5-11-12)10(13)14-4/h5H,1,6H2,2-4H3. The maximum atomic E-state index is 11.2. The summed E-state index contributed by atoms with van der Waals surface area (Å²) >= 11 is 0. The van der Waals surface area contributed by atoms with Gasteiger partial charge in [-0.05, 0) is 13.8 Å². The van der Waals surface area contributed by atoms with Gasteiger partial charge < -0.3 is 4.74 Å². The van der Waals surface area contributed by atoms with Crippen molar-refractivity contribution in [3.8, 4) is 0 Å². The first kappa shape index (κ1) is 10.5. The zero-order chi connectivity index (χ0) is 10.7. The van der Waals surface area contributed by atoms with Gasteiger partial charge in [0.15, 0.2) is 0 Å². The van der Waals surface area contributed by atoms with E-state index in [1.165, 1.54) is 13.3 Å². The van der Waals surface area contributed by atoms with E-state index in [9.17, 15) is 4.79 Å². The Morgan fingerprint density at radius 2 is 2.36 bits per heavy atom. The van der Waals surface area contributed by atoms with Crippen molar-refractivity contribution in [3.05, 3.63) is 29.6 Å². The molecule has 0 radical (unpaired) electrons. The summed E-state index contributed by atoms with van der Waals surface area (Å²) in [5.74, 6) is -0.351. The fraction of sp³-hybridized carbons (Fsp3) is 0.400. The summed E-state index contributed by atoms with van der Waals surface area (Å²) in [7, 11) is 1.36. The highest BCUT2D eigenvalue weighted by Gasteiger charge is 2.13. The molecular formula is C10H14N2O2. The molecule has 1 rings (SSSR count). The predicted molar refractivity (Wildman–Crippen MR) is 53.1 cm³/mol. The van der Waals surface area contributed by atoms with Crippen molar-refractivity contribution in [2.75, 3.05) is 7.11 Å². The first-order chi connectivity index (χ1) is 6.56. The summed E-state index contributed by atoms with van der Waals surface area (Å²) in [6.07, 6.45) is 1.52. The molecule has 0 saturated carbocycles. The highest BCUT2D eigenvalue weighted by molar-refractivity contribution is 5.90. The molecule has 0 aliphatic heterocycles. The molecule has 0 aliphatic carbocycles. The normalized spacial score (nSPS) is 9.93. The maximum absolute atomic E-state index is 11.2. The van der Waals surface area contributed by atoms with Crippen LogP contribution in [0.1, 0.15) is 23.0 Å². The molecule has 0 fully saturated rings. The van der Waals surface area contributed by atoms with E-state index in [-0.39, 0.29) is 5.97 Å². The maximum Gasteiger partial charge on any atom is 0.341 e. The van der Waals surface area contributed by atoms with Crippen molar-refractivity contribution in [3.63, 3.8) is 0 Å². The van der Waals surface area contributed by atoms with E-state index in [4.69, 9.17) is 0 Å². The number of rotatable bonds is 3. The molecule has 0 bridgehead atoms. The minimum absolute atomic E-state index is 0.351. The summed E-state index contributed by atoms with van der Waals surface area (Å²) in [5, 5.41) is 4.08. The van der Waals surface area contributed by atoms with Gasteiger partial charge in [0.1, 0.15) is 5.56 Å². The smallest absolute Gasteiger partial charge is 0.341 e. The third kappa shape index (κ3) is 2.02. The molecule has 76 valence electrons. The van der Waals surface area contributed by atoms with Crippen molar-refractivity contribution in [1.82, 2.24) is 9.78 Å². The Morgan fingerprint density at radius 3 is 2.86 bits per heavy atom. The lowest BCUT2D eigenvalue weighted by Crippen LogP contribution is -2.06. The largest absolute Gasteiger partial charge is 0.465 e. The highest BCUT2D eigenvalue weighted by atomic mass is 16.5. The number of esters is 1. The van der Waals surface area contributed by atoms with Crippen LogP contribution in [0.4, 0.5) is 0 Å². The molecular weight excluding hydrogens is 180 g/mol. The van der Waals surface area contributed by atoms with Gasteiger partial charge in [-0.1, -0.05) is 12.2 Å². The number of nitrogens with zero attached hydrogens (tertiary/aromatic N) is 2. The Kier molecular flexibility index (Phi) is 3.06. The van der Waals surface area contributed by atoms with Gasteiger partial charge in [0, 0.05) is 0 Å². The number of carbonyl (C=O) groups excluding carboxylic acids is 1. The third-order valence-corrected chi connectivity index (χ3v) is 1.93.